The molecule has 0 bridgehead atoms. The van der Waals surface area contributed by atoms with E-state index in [0.29, 0.717) is 18.7 Å². The summed E-state index contributed by atoms with van der Waals surface area (Å²) in [4.78, 5) is 24.1. The lowest BCUT2D eigenvalue weighted by atomic mass is 10.1. The Hall–Kier alpha value is -2.41. The number of methoxy groups -OCH3 is 1. The zero-order valence-electron chi connectivity index (χ0n) is 15.5. The number of halogens is 1. The van der Waals surface area contributed by atoms with Crippen molar-refractivity contribution in [2.24, 2.45) is 5.73 Å². The van der Waals surface area contributed by atoms with Gasteiger partial charge in [0.1, 0.15) is 6.04 Å². The van der Waals surface area contributed by atoms with Gasteiger partial charge in [0.05, 0.1) is 6.61 Å². The molecule has 27 heavy (non-hydrogen) atoms. The molecular formula is C20H26ClN3O3. The zero-order chi connectivity index (χ0) is 18.9. The predicted molar refractivity (Wildman–Crippen MR) is 108 cm³/mol. The quantitative estimate of drug-likeness (QED) is 0.641. The van der Waals surface area contributed by atoms with E-state index in [1.54, 1.807) is 18.2 Å². The molecule has 0 saturated carbocycles. The molecule has 0 saturated heterocycles. The van der Waals surface area contributed by atoms with Crippen LogP contribution < -0.4 is 16.4 Å². The van der Waals surface area contributed by atoms with E-state index in [1.807, 2.05) is 37.3 Å². The van der Waals surface area contributed by atoms with Crippen LogP contribution in [-0.2, 0) is 22.6 Å². The van der Waals surface area contributed by atoms with Crippen LogP contribution in [0.5, 0.6) is 0 Å². The van der Waals surface area contributed by atoms with Crippen LogP contribution in [0, 0.1) is 6.92 Å². The van der Waals surface area contributed by atoms with Crippen LogP contribution in [0.1, 0.15) is 27.0 Å². The minimum absolute atomic E-state index is 0. The topological polar surface area (TPSA) is 93.4 Å². The fourth-order valence-corrected chi connectivity index (χ4v) is 2.39. The van der Waals surface area contributed by atoms with Crippen molar-refractivity contribution in [2.75, 3.05) is 13.7 Å². The Bertz CT molecular complexity index is 750. The maximum absolute atomic E-state index is 12.3. The average Bonchev–Trinajstić information content (AvgIpc) is 2.65. The Morgan fingerprint density at radius 1 is 1.04 bits per heavy atom. The van der Waals surface area contributed by atoms with Crippen LogP contribution in [0.15, 0.2) is 48.5 Å². The van der Waals surface area contributed by atoms with Gasteiger partial charge in [0.25, 0.3) is 5.91 Å². The highest BCUT2D eigenvalue weighted by Crippen LogP contribution is 2.07. The SMILES string of the molecule is COCC(N)C(=O)NCc1cccc(C(=O)NCc2ccc(C)cc2)c1.Cl. The first-order valence-electron chi connectivity index (χ1n) is 8.44. The summed E-state index contributed by atoms with van der Waals surface area (Å²) < 4.78 is 4.86. The summed E-state index contributed by atoms with van der Waals surface area (Å²) in [5, 5.41) is 5.64. The lowest BCUT2D eigenvalue weighted by Gasteiger charge is -2.12. The van der Waals surface area contributed by atoms with E-state index in [0.717, 1.165) is 11.1 Å². The zero-order valence-corrected chi connectivity index (χ0v) is 16.3. The van der Waals surface area contributed by atoms with Gasteiger partial charge >= 0.3 is 0 Å². The summed E-state index contributed by atoms with van der Waals surface area (Å²) in [6.45, 7) is 2.95. The largest absolute Gasteiger partial charge is 0.383 e. The molecule has 0 spiro atoms. The van der Waals surface area contributed by atoms with Gasteiger partial charge in [-0.05, 0) is 30.2 Å². The number of benzene rings is 2. The molecule has 1 unspecified atom stereocenters. The normalized spacial score (nSPS) is 11.2. The summed E-state index contributed by atoms with van der Waals surface area (Å²) in [6, 6.07) is 14.4. The van der Waals surface area contributed by atoms with Crippen molar-refractivity contribution in [3.8, 4) is 0 Å². The van der Waals surface area contributed by atoms with Gasteiger partial charge in [0.2, 0.25) is 5.91 Å². The molecule has 7 heteroatoms. The van der Waals surface area contributed by atoms with Gasteiger partial charge in [-0.2, -0.15) is 0 Å². The van der Waals surface area contributed by atoms with E-state index in [9.17, 15) is 9.59 Å². The standard InChI is InChI=1S/C20H25N3O3.ClH/c1-14-6-8-15(9-7-14)11-22-19(24)17-5-3-4-16(10-17)12-23-20(25)18(21)13-26-2;/h3-10,18H,11-13,21H2,1-2H3,(H,22,24)(H,23,25);1H. The number of aryl methyl sites for hydroxylation is 1. The van der Waals surface area contributed by atoms with Crippen molar-refractivity contribution in [1.82, 2.24) is 10.6 Å². The summed E-state index contributed by atoms with van der Waals surface area (Å²) in [6.07, 6.45) is 0. The number of ether oxygens (including phenoxy) is 1. The number of hydrogen-bond acceptors (Lipinski definition) is 4. The van der Waals surface area contributed by atoms with Gasteiger partial charge in [0.15, 0.2) is 0 Å². The molecule has 146 valence electrons. The Morgan fingerprint density at radius 3 is 2.37 bits per heavy atom. The molecule has 4 N–H and O–H groups in total. The predicted octanol–water partition coefficient (Wildman–Crippen LogP) is 1.94. The first-order chi connectivity index (χ1) is 12.5. The highest BCUT2D eigenvalue weighted by atomic mass is 35.5. The lowest BCUT2D eigenvalue weighted by molar-refractivity contribution is -0.123. The van der Waals surface area contributed by atoms with E-state index in [4.69, 9.17) is 10.5 Å². The van der Waals surface area contributed by atoms with Crippen LogP contribution in [0.25, 0.3) is 0 Å². The van der Waals surface area contributed by atoms with E-state index in [-0.39, 0.29) is 30.8 Å². The number of carbonyl (C=O) groups is 2. The smallest absolute Gasteiger partial charge is 0.251 e. The Morgan fingerprint density at radius 2 is 1.70 bits per heavy atom. The first kappa shape index (κ1) is 22.6. The van der Waals surface area contributed by atoms with Gasteiger partial charge in [-0.25, -0.2) is 0 Å². The third kappa shape index (κ3) is 7.38. The van der Waals surface area contributed by atoms with Crippen molar-refractivity contribution in [3.05, 3.63) is 70.8 Å². The molecular weight excluding hydrogens is 366 g/mol. The molecule has 6 nitrogen and oxygen atoms in total. The maximum Gasteiger partial charge on any atom is 0.251 e. The van der Waals surface area contributed by atoms with Gasteiger partial charge in [0, 0.05) is 25.8 Å². The number of hydrogen-bond donors (Lipinski definition) is 3. The van der Waals surface area contributed by atoms with Crippen LogP contribution >= 0.6 is 12.4 Å². The number of rotatable bonds is 8. The average molecular weight is 392 g/mol. The van der Waals surface area contributed by atoms with E-state index < -0.39 is 6.04 Å². The minimum atomic E-state index is -0.707. The van der Waals surface area contributed by atoms with Crippen molar-refractivity contribution < 1.29 is 14.3 Å². The highest BCUT2D eigenvalue weighted by molar-refractivity contribution is 5.94. The highest BCUT2D eigenvalue weighted by Gasteiger charge is 2.13. The third-order valence-electron chi connectivity index (χ3n) is 3.91. The molecule has 0 aliphatic heterocycles. The van der Waals surface area contributed by atoms with E-state index >= 15 is 0 Å². The second kappa shape index (κ2) is 11.3. The van der Waals surface area contributed by atoms with Crippen LogP contribution in [0.2, 0.25) is 0 Å². The molecule has 0 aliphatic carbocycles. The maximum atomic E-state index is 12.3. The van der Waals surface area contributed by atoms with Crippen molar-refractivity contribution in [1.29, 1.82) is 0 Å². The molecule has 2 rings (SSSR count). The third-order valence-corrected chi connectivity index (χ3v) is 3.91. The van der Waals surface area contributed by atoms with Gasteiger partial charge < -0.3 is 21.1 Å². The van der Waals surface area contributed by atoms with Crippen molar-refractivity contribution >= 4 is 24.2 Å². The fraction of sp³-hybridized carbons (Fsp3) is 0.300. The van der Waals surface area contributed by atoms with E-state index in [1.165, 1.54) is 12.7 Å². The van der Waals surface area contributed by atoms with Crippen molar-refractivity contribution in [3.63, 3.8) is 0 Å². The molecule has 0 aromatic heterocycles. The van der Waals surface area contributed by atoms with E-state index in [2.05, 4.69) is 10.6 Å². The molecule has 2 aromatic carbocycles. The fourth-order valence-electron chi connectivity index (χ4n) is 2.39. The second-order valence-electron chi connectivity index (χ2n) is 6.15. The van der Waals surface area contributed by atoms with Gasteiger partial charge in [-0.1, -0.05) is 42.0 Å². The van der Waals surface area contributed by atoms with Crippen LogP contribution in [-0.4, -0.2) is 31.6 Å². The van der Waals surface area contributed by atoms with Crippen LogP contribution in [0.4, 0.5) is 0 Å². The Kier molecular flexibility index (Phi) is 9.50. The molecule has 1 atom stereocenters. The summed E-state index contributed by atoms with van der Waals surface area (Å²) in [5.74, 6) is -0.448. The number of nitrogens with one attached hydrogen (secondary N) is 2. The number of nitrogens with two attached hydrogens (primary N) is 1. The van der Waals surface area contributed by atoms with Gasteiger partial charge in [-0.3, -0.25) is 9.59 Å². The monoisotopic (exact) mass is 391 g/mol. The number of amides is 2. The molecule has 0 heterocycles. The van der Waals surface area contributed by atoms with Crippen molar-refractivity contribution in [2.45, 2.75) is 26.1 Å². The molecule has 0 radical (unpaired) electrons. The second-order valence-corrected chi connectivity index (χ2v) is 6.15. The Balaban J connectivity index is 0.00000364. The van der Waals surface area contributed by atoms with Gasteiger partial charge in [-0.15, -0.1) is 12.4 Å². The lowest BCUT2D eigenvalue weighted by Crippen LogP contribution is -2.43. The summed E-state index contributed by atoms with van der Waals surface area (Å²) in [5.41, 5.74) is 9.27. The number of carbonyl (C=O) groups excluding carboxylic acids is 2. The molecule has 2 aromatic rings. The first-order valence-corrected chi connectivity index (χ1v) is 8.44. The molecule has 0 aliphatic rings. The molecule has 0 fully saturated rings. The summed E-state index contributed by atoms with van der Waals surface area (Å²) in [7, 11) is 1.49. The Labute approximate surface area is 165 Å². The summed E-state index contributed by atoms with van der Waals surface area (Å²) >= 11 is 0. The van der Waals surface area contributed by atoms with Crippen LogP contribution in [0.3, 0.4) is 0 Å². The minimum Gasteiger partial charge on any atom is -0.383 e. The molecule has 2 amide bonds.